The second-order valence-corrected chi connectivity index (χ2v) is 5.30. The average molecular weight is 245 g/mol. The third kappa shape index (κ3) is 2.72. The predicted molar refractivity (Wildman–Crippen MR) is 69.4 cm³/mol. The Morgan fingerprint density at radius 3 is 2.83 bits per heavy atom. The van der Waals surface area contributed by atoms with E-state index in [-0.39, 0.29) is 5.91 Å². The largest absolute Gasteiger partial charge is 0.370 e. The van der Waals surface area contributed by atoms with Gasteiger partial charge in [-0.1, -0.05) is 18.2 Å². The summed E-state index contributed by atoms with van der Waals surface area (Å²) in [5.74, 6) is 0.761. The molecule has 3 atom stereocenters. The van der Waals surface area contributed by atoms with E-state index in [1.54, 1.807) is 0 Å². The van der Waals surface area contributed by atoms with Crippen LogP contribution in [0.5, 0.6) is 0 Å². The fourth-order valence-electron chi connectivity index (χ4n) is 2.83. The molecule has 1 aromatic rings. The van der Waals surface area contributed by atoms with E-state index < -0.39 is 0 Å². The summed E-state index contributed by atoms with van der Waals surface area (Å²) in [4.78, 5) is 11.8. The smallest absolute Gasteiger partial charge is 0.251 e. The van der Waals surface area contributed by atoms with Gasteiger partial charge < -0.3 is 10.1 Å². The molecule has 3 nitrogen and oxygen atoms in total. The summed E-state index contributed by atoms with van der Waals surface area (Å²) in [5.41, 5.74) is 0.742. The second-order valence-electron chi connectivity index (χ2n) is 5.30. The van der Waals surface area contributed by atoms with Gasteiger partial charge in [-0.05, 0) is 43.7 Å². The summed E-state index contributed by atoms with van der Waals surface area (Å²) < 4.78 is 5.52. The Morgan fingerprint density at radius 2 is 2.06 bits per heavy atom. The number of epoxide rings is 1. The number of rotatable bonds is 4. The summed E-state index contributed by atoms with van der Waals surface area (Å²) in [7, 11) is 0. The number of hydrogen-bond donors (Lipinski definition) is 1. The lowest BCUT2D eigenvalue weighted by Crippen LogP contribution is -2.27. The van der Waals surface area contributed by atoms with Crippen LogP contribution >= 0.6 is 0 Å². The van der Waals surface area contributed by atoms with Gasteiger partial charge >= 0.3 is 0 Å². The van der Waals surface area contributed by atoms with Gasteiger partial charge in [0.25, 0.3) is 5.91 Å². The van der Waals surface area contributed by atoms with Gasteiger partial charge in [0.15, 0.2) is 0 Å². The van der Waals surface area contributed by atoms with E-state index in [2.05, 4.69) is 5.32 Å². The zero-order valence-corrected chi connectivity index (χ0v) is 10.5. The average Bonchev–Trinajstić information content (AvgIpc) is 3.18. The molecule has 1 aliphatic carbocycles. The highest BCUT2D eigenvalue weighted by molar-refractivity contribution is 5.94. The SMILES string of the molecule is O=C(NCC[C@@H]1CC[C@H]2O[C@@H]2C1)c1ccccc1. The van der Waals surface area contributed by atoms with E-state index in [9.17, 15) is 4.79 Å². The van der Waals surface area contributed by atoms with Crippen LogP contribution < -0.4 is 5.32 Å². The highest BCUT2D eigenvalue weighted by Gasteiger charge is 2.43. The van der Waals surface area contributed by atoms with Gasteiger partial charge in [-0.25, -0.2) is 0 Å². The van der Waals surface area contributed by atoms with E-state index in [1.807, 2.05) is 30.3 Å². The lowest BCUT2D eigenvalue weighted by atomic mass is 9.87. The van der Waals surface area contributed by atoms with Crippen molar-refractivity contribution in [2.75, 3.05) is 6.54 Å². The lowest BCUT2D eigenvalue weighted by Gasteiger charge is -2.18. The van der Waals surface area contributed by atoms with Crippen LogP contribution in [0.25, 0.3) is 0 Å². The zero-order chi connectivity index (χ0) is 12.4. The van der Waals surface area contributed by atoms with Gasteiger partial charge in [-0.3, -0.25) is 4.79 Å². The Kier molecular flexibility index (Phi) is 3.33. The number of fused-ring (bicyclic) bond motifs is 1. The van der Waals surface area contributed by atoms with Crippen molar-refractivity contribution in [2.24, 2.45) is 5.92 Å². The van der Waals surface area contributed by atoms with Gasteiger partial charge in [-0.2, -0.15) is 0 Å². The van der Waals surface area contributed by atoms with Crippen molar-refractivity contribution in [3.63, 3.8) is 0 Å². The molecule has 18 heavy (non-hydrogen) atoms. The van der Waals surface area contributed by atoms with Gasteiger partial charge in [-0.15, -0.1) is 0 Å². The Labute approximate surface area is 108 Å². The molecule has 96 valence electrons. The van der Waals surface area contributed by atoms with Crippen molar-refractivity contribution < 1.29 is 9.53 Å². The van der Waals surface area contributed by atoms with Crippen LogP contribution in [-0.2, 0) is 4.74 Å². The van der Waals surface area contributed by atoms with E-state index in [4.69, 9.17) is 4.74 Å². The highest BCUT2D eigenvalue weighted by Crippen LogP contribution is 2.40. The zero-order valence-electron chi connectivity index (χ0n) is 10.5. The quantitative estimate of drug-likeness (QED) is 0.827. The molecule has 1 aromatic carbocycles. The normalized spacial score (nSPS) is 29.4. The molecule has 2 aliphatic rings. The number of ether oxygens (including phenoxy) is 1. The van der Waals surface area contributed by atoms with Crippen molar-refractivity contribution in [3.8, 4) is 0 Å². The number of nitrogens with one attached hydrogen (secondary N) is 1. The summed E-state index contributed by atoms with van der Waals surface area (Å²) >= 11 is 0. The summed E-state index contributed by atoms with van der Waals surface area (Å²) in [5, 5.41) is 2.99. The van der Waals surface area contributed by atoms with Crippen LogP contribution in [0.4, 0.5) is 0 Å². The van der Waals surface area contributed by atoms with Crippen molar-refractivity contribution in [2.45, 2.75) is 37.9 Å². The first-order valence-electron chi connectivity index (χ1n) is 6.81. The number of amides is 1. The summed E-state index contributed by atoms with van der Waals surface area (Å²) in [6, 6.07) is 9.39. The maximum absolute atomic E-state index is 11.8. The highest BCUT2D eigenvalue weighted by atomic mass is 16.6. The minimum absolute atomic E-state index is 0.0342. The molecular formula is C15H19NO2. The predicted octanol–water partition coefficient (Wildman–Crippen LogP) is 2.37. The van der Waals surface area contributed by atoms with Crippen LogP contribution in [-0.4, -0.2) is 24.7 Å². The first-order chi connectivity index (χ1) is 8.83. The standard InChI is InChI=1S/C15H19NO2/c17-15(12-4-2-1-3-5-12)16-9-8-11-6-7-13-14(10-11)18-13/h1-5,11,13-14H,6-10H2,(H,16,17)/t11-,13+,14+/m0/s1. The Bertz CT molecular complexity index is 418. The maximum Gasteiger partial charge on any atom is 0.251 e. The molecule has 0 aromatic heterocycles. The number of benzene rings is 1. The summed E-state index contributed by atoms with van der Waals surface area (Å²) in [6.07, 6.45) is 5.83. The van der Waals surface area contributed by atoms with Crippen LogP contribution in [0.15, 0.2) is 30.3 Å². The minimum Gasteiger partial charge on any atom is -0.370 e. The second kappa shape index (κ2) is 5.11. The van der Waals surface area contributed by atoms with Gasteiger partial charge in [0.05, 0.1) is 12.2 Å². The Hall–Kier alpha value is -1.35. The van der Waals surface area contributed by atoms with Gasteiger partial charge in [0, 0.05) is 12.1 Å². The lowest BCUT2D eigenvalue weighted by molar-refractivity contribution is 0.0950. The molecule has 3 rings (SSSR count). The first-order valence-corrected chi connectivity index (χ1v) is 6.81. The fraction of sp³-hybridized carbons (Fsp3) is 0.533. The molecule has 1 saturated heterocycles. The Morgan fingerprint density at radius 1 is 1.22 bits per heavy atom. The molecule has 1 saturated carbocycles. The molecule has 0 spiro atoms. The molecule has 0 bridgehead atoms. The third-order valence-electron chi connectivity index (χ3n) is 3.99. The Balaban J connectivity index is 1.40. The van der Waals surface area contributed by atoms with Crippen molar-refractivity contribution >= 4 is 5.91 Å². The molecule has 3 heteroatoms. The van der Waals surface area contributed by atoms with E-state index in [0.717, 1.165) is 24.4 Å². The number of carbonyl (C=O) groups excluding carboxylic acids is 1. The van der Waals surface area contributed by atoms with Crippen molar-refractivity contribution in [3.05, 3.63) is 35.9 Å². The molecule has 0 unspecified atom stereocenters. The van der Waals surface area contributed by atoms with E-state index in [1.165, 1.54) is 19.3 Å². The van der Waals surface area contributed by atoms with Crippen molar-refractivity contribution in [1.29, 1.82) is 0 Å². The molecule has 1 heterocycles. The van der Waals surface area contributed by atoms with Gasteiger partial charge in [0.2, 0.25) is 0 Å². The summed E-state index contributed by atoms with van der Waals surface area (Å²) in [6.45, 7) is 0.774. The minimum atomic E-state index is 0.0342. The van der Waals surface area contributed by atoms with E-state index in [0.29, 0.717) is 12.2 Å². The van der Waals surface area contributed by atoms with Gasteiger partial charge in [0.1, 0.15) is 0 Å². The fourth-order valence-corrected chi connectivity index (χ4v) is 2.83. The number of hydrogen-bond acceptors (Lipinski definition) is 2. The molecular weight excluding hydrogens is 226 g/mol. The topological polar surface area (TPSA) is 41.6 Å². The van der Waals surface area contributed by atoms with E-state index >= 15 is 0 Å². The third-order valence-corrected chi connectivity index (χ3v) is 3.99. The monoisotopic (exact) mass is 245 g/mol. The molecule has 2 fully saturated rings. The molecule has 0 radical (unpaired) electrons. The van der Waals surface area contributed by atoms with Crippen LogP contribution in [0, 0.1) is 5.92 Å². The van der Waals surface area contributed by atoms with Crippen LogP contribution in [0.3, 0.4) is 0 Å². The molecule has 1 N–H and O–H groups in total. The number of carbonyl (C=O) groups is 1. The molecule has 1 amide bonds. The van der Waals surface area contributed by atoms with Crippen LogP contribution in [0.1, 0.15) is 36.0 Å². The maximum atomic E-state index is 11.8. The molecule has 1 aliphatic heterocycles. The van der Waals surface area contributed by atoms with Crippen molar-refractivity contribution in [1.82, 2.24) is 5.32 Å². The van der Waals surface area contributed by atoms with Crippen LogP contribution in [0.2, 0.25) is 0 Å². The first kappa shape index (κ1) is 11.7.